The number of halogens is 2. The maximum atomic E-state index is 13.4. The highest BCUT2D eigenvalue weighted by molar-refractivity contribution is 7.14. The van der Waals surface area contributed by atoms with Crippen molar-refractivity contribution in [1.29, 1.82) is 5.26 Å². The van der Waals surface area contributed by atoms with Crippen molar-refractivity contribution in [3.05, 3.63) is 57.3 Å². The Bertz CT molecular complexity index is 1600. The van der Waals surface area contributed by atoms with Crippen LogP contribution in [0.4, 0.5) is 14.7 Å². The van der Waals surface area contributed by atoms with Gasteiger partial charge in [0.25, 0.3) is 18.2 Å². The number of morpholine rings is 1. The molecule has 240 valence electrons. The highest BCUT2D eigenvalue weighted by Crippen LogP contribution is 2.30. The molecule has 0 radical (unpaired) electrons. The first-order valence-electron chi connectivity index (χ1n) is 15.5. The summed E-state index contributed by atoms with van der Waals surface area (Å²) in [5.74, 6) is -0.213. The number of imidazole rings is 1. The van der Waals surface area contributed by atoms with E-state index in [1.807, 2.05) is 36.6 Å². The summed E-state index contributed by atoms with van der Waals surface area (Å²) in [6, 6.07) is 10.5. The van der Waals surface area contributed by atoms with Crippen LogP contribution in [0, 0.1) is 17.2 Å². The van der Waals surface area contributed by atoms with E-state index in [0.717, 1.165) is 54.9 Å². The van der Waals surface area contributed by atoms with Gasteiger partial charge in [-0.05, 0) is 68.9 Å². The van der Waals surface area contributed by atoms with E-state index >= 15 is 0 Å². The van der Waals surface area contributed by atoms with Gasteiger partial charge in [0.15, 0.2) is 0 Å². The minimum absolute atomic E-state index is 0.139. The Morgan fingerprint density at radius 3 is 2.62 bits per heavy atom. The first-order valence-corrected chi connectivity index (χ1v) is 16.3. The molecule has 2 aliphatic heterocycles. The smallest absolute Gasteiger partial charge is 0.272 e. The van der Waals surface area contributed by atoms with E-state index in [2.05, 4.69) is 30.1 Å². The zero-order valence-corrected chi connectivity index (χ0v) is 26.9. The van der Waals surface area contributed by atoms with Gasteiger partial charge in [-0.2, -0.15) is 5.26 Å². The number of thiophene rings is 1. The predicted molar refractivity (Wildman–Crippen MR) is 170 cm³/mol. The molecule has 5 rings (SSSR count). The molecule has 0 bridgehead atoms. The summed E-state index contributed by atoms with van der Waals surface area (Å²) in [5, 5.41) is 12.6. The van der Waals surface area contributed by atoms with Crippen molar-refractivity contribution in [1.82, 2.24) is 19.4 Å². The molecule has 2 amide bonds. The van der Waals surface area contributed by atoms with E-state index in [-0.39, 0.29) is 45.4 Å². The van der Waals surface area contributed by atoms with Crippen LogP contribution in [0.5, 0.6) is 0 Å². The number of carbonyl (C=O) groups is 2. The number of hydrogen-bond donors (Lipinski definition) is 1. The van der Waals surface area contributed by atoms with Crippen molar-refractivity contribution >= 4 is 40.1 Å². The van der Waals surface area contributed by atoms with E-state index in [0.29, 0.717) is 30.9 Å². The molecule has 2 aromatic heterocycles. The largest absolute Gasteiger partial charge is 0.373 e. The molecule has 1 N–H and O–H groups in total. The van der Waals surface area contributed by atoms with Crippen molar-refractivity contribution in [3.8, 4) is 6.07 Å². The number of likely N-dealkylation sites (tertiary alicyclic amines) is 1. The van der Waals surface area contributed by atoms with Crippen molar-refractivity contribution in [2.24, 2.45) is 5.92 Å². The summed E-state index contributed by atoms with van der Waals surface area (Å²) in [7, 11) is 0. The fraction of sp³-hybridized carbons (Fsp3) is 0.515. The number of nitrogens with one attached hydrogen (secondary N) is 1. The van der Waals surface area contributed by atoms with Gasteiger partial charge in [-0.3, -0.25) is 19.8 Å². The number of benzene rings is 1. The summed E-state index contributed by atoms with van der Waals surface area (Å²) in [4.78, 5) is 35.5. The van der Waals surface area contributed by atoms with Crippen LogP contribution in [0.1, 0.15) is 73.5 Å². The van der Waals surface area contributed by atoms with Crippen molar-refractivity contribution < 1.29 is 23.1 Å². The molecule has 0 aliphatic carbocycles. The van der Waals surface area contributed by atoms with Crippen molar-refractivity contribution in [3.63, 3.8) is 0 Å². The SMILES string of the molecule is CC(C)C/C=C(\C#N)C(=O)N1CCC[C@@H]1Cn1c(NC(=O)c2ccc(C(F)F)s2)nc2cc(CN3CC(C)OC(C)C3)ccc21. The van der Waals surface area contributed by atoms with Gasteiger partial charge in [-0.25, -0.2) is 13.8 Å². The number of nitrogens with zero attached hydrogens (tertiary/aromatic N) is 5. The standard InChI is InChI=1S/C33H40F2N6O3S/c1-20(2)7-9-24(15-36)32(43)40-13-5-6-25(40)19-41-27-10-8-23(18-39-16-21(3)44-22(4)17-39)14-26(27)37-33(41)38-31(42)29-12-11-28(45-29)30(34)35/h8-12,14,20-22,25,30H,5-7,13,16-19H2,1-4H3,(H,37,38,42)/b24-9+/t21?,22?,25-/m1/s1. The minimum Gasteiger partial charge on any atom is -0.373 e. The number of amides is 2. The summed E-state index contributed by atoms with van der Waals surface area (Å²) < 4.78 is 34.2. The highest BCUT2D eigenvalue weighted by Gasteiger charge is 2.32. The molecule has 4 heterocycles. The van der Waals surface area contributed by atoms with Gasteiger partial charge in [0, 0.05) is 32.7 Å². The summed E-state index contributed by atoms with van der Waals surface area (Å²) >= 11 is 0.748. The van der Waals surface area contributed by atoms with Crippen molar-refractivity contribution in [2.45, 2.75) is 84.7 Å². The topological polar surface area (TPSA) is 103 Å². The molecule has 9 nitrogen and oxygen atoms in total. The number of allylic oxidation sites excluding steroid dienone is 1. The van der Waals surface area contributed by atoms with Gasteiger partial charge >= 0.3 is 0 Å². The lowest BCUT2D eigenvalue weighted by Gasteiger charge is -2.35. The molecule has 0 saturated carbocycles. The van der Waals surface area contributed by atoms with E-state index in [1.54, 1.807) is 11.0 Å². The second-order valence-corrected chi connectivity index (χ2v) is 13.5. The maximum Gasteiger partial charge on any atom is 0.272 e. The van der Waals surface area contributed by atoms with Gasteiger partial charge in [0.1, 0.15) is 11.6 Å². The predicted octanol–water partition coefficient (Wildman–Crippen LogP) is 6.38. The highest BCUT2D eigenvalue weighted by atomic mass is 32.1. The second-order valence-electron chi connectivity index (χ2n) is 12.4. The molecular formula is C33H40F2N6O3S. The maximum absolute atomic E-state index is 13.4. The second kappa shape index (κ2) is 14.2. The third-order valence-corrected chi connectivity index (χ3v) is 9.27. The van der Waals surface area contributed by atoms with E-state index < -0.39 is 12.3 Å². The number of anilines is 1. The fourth-order valence-electron chi connectivity index (χ4n) is 6.17. The van der Waals surface area contributed by atoms with Crippen molar-refractivity contribution in [2.75, 3.05) is 25.0 Å². The van der Waals surface area contributed by atoms with E-state index in [9.17, 15) is 23.6 Å². The Labute approximate surface area is 266 Å². The monoisotopic (exact) mass is 638 g/mol. The molecule has 2 fully saturated rings. The number of hydrogen-bond acceptors (Lipinski definition) is 7. The third-order valence-electron chi connectivity index (χ3n) is 8.18. The molecule has 0 spiro atoms. The molecule has 45 heavy (non-hydrogen) atoms. The van der Waals surface area contributed by atoms with Crippen LogP contribution >= 0.6 is 11.3 Å². The lowest BCUT2D eigenvalue weighted by atomic mass is 10.1. The minimum atomic E-state index is -2.66. The molecule has 12 heteroatoms. The van der Waals surface area contributed by atoms with Gasteiger partial charge in [0.2, 0.25) is 5.95 Å². The molecular weight excluding hydrogens is 598 g/mol. The molecule has 1 aromatic carbocycles. The molecule has 2 aliphatic rings. The zero-order chi connectivity index (χ0) is 32.2. The Hall–Kier alpha value is -3.66. The quantitative estimate of drug-likeness (QED) is 0.204. The third kappa shape index (κ3) is 7.77. The average Bonchev–Trinajstić information content (AvgIpc) is 3.72. The van der Waals surface area contributed by atoms with Crippen LogP contribution in [0.25, 0.3) is 11.0 Å². The summed E-state index contributed by atoms with van der Waals surface area (Å²) in [6.45, 7) is 11.4. The molecule has 3 atom stereocenters. The van der Waals surface area contributed by atoms with E-state index in [4.69, 9.17) is 9.72 Å². The number of rotatable bonds is 10. The van der Waals surface area contributed by atoms with Crippen LogP contribution in [0.3, 0.4) is 0 Å². The molecule has 2 saturated heterocycles. The van der Waals surface area contributed by atoms with Crippen LogP contribution < -0.4 is 5.32 Å². The van der Waals surface area contributed by atoms with Crippen LogP contribution in [-0.2, 0) is 22.6 Å². The summed E-state index contributed by atoms with van der Waals surface area (Å²) in [5.41, 5.74) is 2.68. The number of carbonyl (C=O) groups excluding carboxylic acids is 2. The van der Waals surface area contributed by atoms with Gasteiger partial charge in [0.05, 0.1) is 39.0 Å². The number of alkyl halides is 2. The number of fused-ring (bicyclic) bond motifs is 1. The fourth-order valence-corrected chi connectivity index (χ4v) is 6.93. The number of ether oxygens (including phenoxy) is 1. The van der Waals surface area contributed by atoms with Gasteiger partial charge in [-0.15, -0.1) is 11.3 Å². The molecule has 3 aromatic rings. The lowest BCUT2D eigenvalue weighted by molar-refractivity contribution is -0.127. The number of aromatic nitrogens is 2. The zero-order valence-electron chi connectivity index (χ0n) is 26.1. The van der Waals surface area contributed by atoms with Crippen LogP contribution in [-0.4, -0.2) is 69.0 Å². The first kappa shape index (κ1) is 32.7. The lowest BCUT2D eigenvalue weighted by Crippen LogP contribution is -2.44. The van der Waals surface area contributed by atoms with Crippen LogP contribution in [0.2, 0.25) is 0 Å². The summed E-state index contributed by atoms with van der Waals surface area (Å²) in [6.07, 6.45) is 1.49. The Balaban J connectivity index is 1.44. The first-order chi connectivity index (χ1) is 21.5. The van der Waals surface area contributed by atoms with Crippen LogP contribution in [0.15, 0.2) is 42.0 Å². The Morgan fingerprint density at radius 2 is 1.96 bits per heavy atom. The molecule has 2 unspecified atom stereocenters. The normalized spacial score (nSPS) is 21.2. The van der Waals surface area contributed by atoms with Gasteiger partial charge in [-0.1, -0.05) is 26.0 Å². The Morgan fingerprint density at radius 1 is 1.20 bits per heavy atom. The van der Waals surface area contributed by atoms with E-state index in [1.165, 1.54) is 12.1 Å². The number of nitriles is 1. The van der Waals surface area contributed by atoms with Gasteiger partial charge < -0.3 is 14.2 Å². The average molecular weight is 639 g/mol. The Kier molecular flexibility index (Phi) is 10.3.